The lowest BCUT2D eigenvalue weighted by atomic mass is 9.96. The molecule has 170 valence electrons. The fourth-order valence-electron chi connectivity index (χ4n) is 3.71. The highest BCUT2D eigenvalue weighted by molar-refractivity contribution is 6.39. The van der Waals surface area contributed by atoms with Crippen LogP contribution in [0.25, 0.3) is 22.3 Å². The van der Waals surface area contributed by atoms with E-state index in [4.69, 9.17) is 13.6 Å². The Kier molecular flexibility index (Phi) is 5.91. The summed E-state index contributed by atoms with van der Waals surface area (Å²) in [4.78, 5) is 29.1. The molecule has 2 aromatic heterocycles. The summed E-state index contributed by atoms with van der Waals surface area (Å²) in [6.07, 6.45) is 3.32. The number of carbonyl (C=O) groups excluding carboxylic acids is 2. The Bertz CT molecular complexity index is 1310. The van der Waals surface area contributed by atoms with Gasteiger partial charge in [0.1, 0.15) is 17.1 Å². The summed E-state index contributed by atoms with van der Waals surface area (Å²) in [6.45, 7) is 5.68. The van der Waals surface area contributed by atoms with Crippen molar-refractivity contribution in [1.82, 2.24) is 10.3 Å². The number of nitrogens with zero attached hydrogens (tertiary/aromatic N) is 1. The lowest BCUT2D eigenvalue weighted by Crippen LogP contribution is -2.49. The van der Waals surface area contributed by atoms with E-state index in [0.717, 1.165) is 22.3 Å². The molecule has 0 saturated heterocycles. The number of oxazole rings is 1. The summed E-state index contributed by atoms with van der Waals surface area (Å²) in [5.74, 6) is 0.260. The van der Waals surface area contributed by atoms with Crippen molar-refractivity contribution in [3.8, 4) is 17.1 Å². The summed E-state index contributed by atoms with van der Waals surface area (Å²) >= 11 is 0. The molecule has 4 aromatic rings. The van der Waals surface area contributed by atoms with Gasteiger partial charge in [0.25, 0.3) is 0 Å². The minimum atomic E-state index is -0.779. The molecule has 0 unspecified atom stereocenters. The molecule has 0 aliphatic heterocycles. The third-order valence-corrected chi connectivity index (χ3v) is 5.36. The molecule has 2 N–H and O–H groups in total. The minimum Gasteiger partial charge on any atom is -0.496 e. The molecule has 0 saturated carbocycles. The number of hydrogen-bond acceptors (Lipinski definition) is 6. The number of amides is 2. The Morgan fingerprint density at radius 1 is 1.12 bits per heavy atom. The maximum absolute atomic E-state index is 12.6. The fraction of sp³-hybridized carbons (Fsp3) is 0.240. The van der Waals surface area contributed by atoms with Crippen molar-refractivity contribution in [2.24, 2.45) is 0 Å². The molecule has 2 aromatic carbocycles. The van der Waals surface area contributed by atoms with Gasteiger partial charge in [-0.1, -0.05) is 18.2 Å². The number of aryl methyl sites for hydroxylation is 1. The molecule has 8 heteroatoms. The van der Waals surface area contributed by atoms with Crippen molar-refractivity contribution in [3.63, 3.8) is 0 Å². The topological polar surface area (TPSA) is 107 Å². The van der Waals surface area contributed by atoms with Crippen molar-refractivity contribution in [2.75, 3.05) is 12.4 Å². The van der Waals surface area contributed by atoms with Crippen LogP contribution in [-0.4, -0.2) is 29.4 Å². The Morgan fingerprint density at radius 2 is 1.91 bits per heavy atom. The van der Waals surface area contributed by atoms with Crippen LogP contribution in [-0.2, 0) is 16.0 Å². The van der Waals surface area contributed by atoms with Crippen molar-refractivity contribution in [1.29, 1.82) is 0 Å². The second-order valence-corrected chi connectivity index (χ2v) is 8.40. The first-order valence-electron chi connectivity index (χ1n) is 10.4. The Hall–Kier alpha value is -4.07. The van der Waals surface area contributed by atoms with Crippen LogP contribution < -0.4 is 15.4 Å². The highest BCUT2D eigenvalue weighted by Gasteiger charge is 2.27. The molecule has 0 atom stereocenters. The summed E-state index contributed by atoms with van der Waals surface area (Å²) in [5, 5.41) is 6.44. The maximum atomic E-state index is 12.6. The van der Waals surface area contributed by atoms with Gasteiger partial charge < -0.3 is 24.2 Å². The molecule has 2 heterocycles. The monoisotopic (exact) mass is 447 g/mol. The number of rotatable bonds is 6. The molecule has 0 radical (unpaired) electrons. The van der Waals surface area contributed by atoms with Crippen molar-refractivity contribution in [3.05, 3.63) is 66.4 Å². The number of anilines is 1. The number of hydrogen-bond donors (Lipinski definition) is 2. The van der Waals surface area contributed by atoms with E-state index in [9.17, 15) is 9.59 Å². The number of ether oxygens (including phenoxy) is 1. The molecule has 0 bridgehead atoms. The fourth-order valence-corrected chi connectivity index (χ4v) is 3.71. The largest absolute Gasteiger partial charge is 0.496 e. The summed E-state index contributed by atoms with van der Waals surface area (Å²) < 4.78 is 16.6. The number of aromatic nitrogens is 1. The van der Waals surface area contributed by atoms with Crippen LogP contribution in [0.5, 0.6) is 5.75 Å². The third kappa shape index (κ3) is 4.74. The highest BCUT2D eigenvalue weighted by atomic mass is 16.5. The van der Waals surface area contributed by atoms with Crippen LogP contribution in [0.15, 0.2) is 63.9 Å². The lowest BCUT2D eigenvalue weighted by molar-refractivity contribution is -0.137. The summed E-state index contributed by atoms with van der Waals surface area (Å²) in [7, 11) is 1.51. The van der Waals surface area contributed by atoms with Crippen LogP contribution in [0.3, 0.4) is 0 Å². The predicted molar refractivity (Wildman–Crippen MR) is 124 cm³/mol. The number of furan rings is 1. The molecule has 0 aliphatic rings. The van der Waals surface area contributed by atoms with Crippen LogP contribution >= 0.6 is 0 Å². The van der Waals surface area contributed by atoms with E-state index in [1.807, 2.05) is 45.0 Å². The number of fused-ring (bicyclic) bond motifs is 1. The van der Waals surface area contributed by atoms with Gasteiger partial charge in [0.05, 0.1) is 18.9 Å². The first kappa shape index (κ1) is 22.1. The Labute approximate surface area is 190 Å². The van der Waals surface area contributed by atoms with Crippen LogP contribution in [0.1, 0.15) is 25.2 Å². The summed E-state index contributed by atoms with van der Waals surface area (Å²) in [6, 6.07) is 12.8. The zero-order chi connectivity index (χ0) is 23.6. The molecule has 2 amide bonds. The zero-order valence-corrected chi connectivity index (χ0v) is 18.9. The van der Waals surface area contributed by atoms with E-state index in [1.165, 1.54) is 13.5 Å². The second kappa shape index (κ2) is 8.82. The van der Waals surface area contributed by atoms with Gasteiger partial charge in [-0.15, -0.1) is 0 Å². The van der Waals surface area contributed by atoms with Gasteiger partial charge in [-0.25, -0.2) is 4.98 Å². The number of benzene rings is 2. The van der Waals surface area contributed by atoms with Crippen LogP contribution in [0, 0.1) is 6.92 Å². The quantitative estimate of drug-likeness (QED) is 0.422. The van der Waals surface area contributed by atoms with Gasteiger partial charge in [0.2, 0.25) is 0 Å². The SMILES string of the molecule is COc1cc(NC(=O)C(=O)NC(C)(C)Cc2oc3ccccc3c2C)ccc1-c1cnco1. The van der Waals surface area contributed by atoms with E-state index in [2.05, 4.69) is 15.6 Å². The smallest absolute Gasteiger partial charge is 0.313 e. The van der Waals surface area contributed by atoms with E-state index in [0.29, 0.717) is 29.2 Å². The van der Waals surface area contributed by atoms with Crippen molar-refractivity contribution < 1.29 is 23.2 Å². The lowest BCUT2D eigenvalue weighted by Gasteiger charge is -2.25. The van der Waals surface area contributed by atoms with E-state index in [1.54, 1.807) is 24.4 Å². The van der Waals surface area contributed by atoms with Gasteiger partial charge in [0, 0.05) is 29.1 Å². The highest BCUT2D eigenvalue weighted by Crippen LogP contribution is 2.32. The van der Waals surface area contributed by atoms with Gasteiger partial charge in [-0.2, -0.15) is 0 Å². The predicted octanol–water partition coefficient (Wildman–Crippen LogP) is 4.48. The molecular formula is C25H25N3O5. The van der Waals surface area contributed by atoms with Gasteiger partial charge >= 0.3 is 11.8 Å². The minimum absolute atomic E-state index is 0.418. The number of nitrogens with one attached hydrogen (secondary N) is 2. The van der Waals surface area contributed by atoms with Crippen LogP contribution in [0.2, 0.25) is 0 Å². The second-order valence-electron chi connectivity index (χ2n) is 8.40. The van der Waals surface area contributed by atoms with E-state index < -0.39 is 17.4 Å². The molecule has 0 fully saturated rings. The van der Waals surface area contributed by atoms with Gasteiger partial charge in [0.15, 0.2) is 12.2 Å². The number of carbonyl (C=O) groups is 2. The van der Waals surface area contributed by atoms with Gasteiger partial charge in [-0.05, 0) is 44.5 Å². The standard InChI is InChI=1S/C25H25N3O5/c1-15-17-7-5-6-8-19(17)33-21(15)12-25(2,3)28-24(30)23(29)27-16-9-10-18(20(11-16)31-4)22-13-26-14-32-22/h5-11,13-14H,12H2,1-4H3,(H,27,29)(H,28,30). The zero-order valence-electron chi connectivity index (χ0n) is 18.9. The maximum Gasteiger partial charge on any atom is 0.313 e. The third-order valence-electron chi connectivity index (χ3n) is 5.36. The molecule has 0 spiro atoms. The molecule has 4 rings (SSSR count). The Balaban J connectivity index is 1.43. The molecule has 8 nitrogen and oxygen atoms in total. The van der Waals surface area contributed by atoms with Gasteiger partial charge in [-0.3, -0.25) is 9.59 Å². The van der Waals surface area contributed by atoms with E-state index >= 15 is 0 Å². The van der Waals surface area contributed by atoms with E-state index in [-0.39, 0.29) is 0 Å². The normalized spacial score (nSPS) is 11.4. The van der Waals surface area contributed by atoms with Crippen LogP contribution in [0.4, 0.5) is 5.69 Å². The van der Waals surface area contributed by atoms with Crippen molar-refractivity contribution >= 4 is 28.5 Å². The average molecular weight is 447 g/mol. The average Bonchev–Trinajstić information content (AvgIpc) is 3.42. The van der Waals surface area contributed by atoms with Crippen molar-refractivity contribution in [2.45, 2.75) is 32.7 Å². The molecule has 0 aliphatic carbocycles. The Morgan fingerprint density at radius 3 is 2.61 bits per heavy atom. The molecule has 33 heavy (non-hydrogen) atoms. The number of para-hydroxylation sites is 1. The number of methoxy groups -OCH3 is 1. The summed E-state index contributed by atoms with van der Waals surface area (Å²) in [5.41, 5.74) is 2.21. The first-order valence-corrected chi connectivity index (χ1v) is 10.4. The molecular weight excluding hydrogens is 422 g/mol. The first-order chi connectivity index (χ1) is 15.8.